The lowest BCUT2D eigenvalue weighted by atomic mass is 9.96. The van der Waals surface area contributed by atoms with Gasteiger partial charge in [-0.2, -0.15) is 0 Å². The van der Waals surface area contributed by atoms with Crippen molar-refractivity contribution in [1.82, 2.24) is 0 Å². The average molecular weight is 547 g/mol. The van der Waals surface area contributed by atoms with Crippen molar-refractivity contribution in [3.63, 3.8) is 0 Å². The highest BCUT2D eigenvalue weighted by molar-refractivity contribution is 7.48. The summed E-state index contributed by atoms with van der Waals surface area (Å²) in [5.41, 5.74) is 6.96. The first kappa shape index (κ1) is 28.3. The SMILES string of the molecule is CCOP(=O)(OC1=CCC(=C(C)Cc2ccc(O)cc2)C=C1)OC1=CCC(=C(C)Cc2ccc(O)cc2)C=C1. The third kappa shape index (κ3) is 8.13. The summed E-state index contributed by atoms with van der Waals surface area (Å²) in [6, 6.07) is 14.4. The normalized spacial score (nSPS) is 19.1. The Balaban J connectivity index is 1.36. The number of phosphoric ester groups is 1. The predicted octanol–water partition coefficient (Wildman–Crippen LogP) is 8.38. The zero-order chi connectivity index (χ0) is 27.8. The van der Waals surface area contributed by atoms with Gasteiger partial charge < -0.3 is 19.3 Å². The van der Waals surface area contributed by atoms with Crippen molar-refractivity contribution in [2.75, 3.05) is 6.61 Å². The van der Waals surface area contributed by atoms with Gasteiger partial charge in [-0.3, -0.25) is 4.52 Å². The van der Waals surface area contributed by atoms with Gasteiger partial charge in [0.05, 0.1) is 6.61 Å². The molecule has 0 aliphatic heterocycles. The smallest absolute Gasteiger partial charge is 0.508 e. The van der Waals surface area contributed by atoms with Gasteiger partial charge in [0, 0.05) is 0 Å². The first-order valence-electron chi connectivity index (χ1n) is 13.1. The highest BCUT2D eigenvalue weighted by Gasteiger charge is 2.31. The fourth-order valence-corrected chi connectivity index (χ4v) is 5.63. The highest BCUT2D eigenvalue weighted by Crippen LogP contribution is 2.54. The third-order valence-corrected chi connectivity index (χ3v) is 8.02. The number of phenols is 2. The molecule has 204 valence electrons. The van der Waals surface area contributed by atoms with Crippen molar-refractivity contribution in [3.8, 4) is 11.5 Å². The number of phenolic OH excluding ortho intramolecular Hbond substituents is 2. The molecule has 0 saturated heterocycles. The molecule has 2 aliphatic carbocycles. The van der Waals surface area contributed by atoms with E-state index in [1.165, 1.54) is 11.1 Å². The second-order valence-corrected chi connectivity index (χ2v) is 11.2. The van der Waals surface area contributed by atoms with Crippen molar-refractivity contribution in [2.24, 2.45) is 0 Å². The number of aromatic hydroxyl groups is 2. The van der Waals surface area contributed by atoms with E-state index in [0.29, 0.717) is 24.4 Å². The molecule has 0 aromatic heterocycles. The van der Waals surface area contributed by atoms with Crippen molar-refractivity contribution >= 4 is 7.82 Å². The van der Waals surface area contributed by atoms with E-state index in [-0.39, 0.29) is 18.1 Å². The maximum Gasteiger partial charge on any atom is 0.587 e. The van der Waals surface area contributed by atoms with E-state index in [9.17, 15) is 14.8 Å². The van der Waals surface area contributed by atoms with Crippen LogP contribution < -0.4 is 0 Å². The molecule has 0 bridgehead atoms. The van der Waals surface area contributed by atoms with Gasteiger partial charge in [-0.05, 0) is 117 Å². The Morgan fingerprint density at radius 2 is 1.13 bits per heavy atom. The molecule has 0 radical (unpaired) electrons. The van der Waals surface area contributed by atoms with E-state index in [4.69, 9.17) is 13.6 Å². The molecule has 0 fully saturated rings. The van der Waals surface area contributed by atoms with Gasteiger partial charge in [-0.15, -0.1) is 0 Å². The van der Waals surface area contributed by atoms with Gasteiger partial charge in [-0.1, -0.05) is 47.6 Å². The van der Waals surface area contributed by atoms with Crippen molar-refractivity contribution < 1.29 is 28.3 Å². The summed E-state index contributed by atoms with van der Waals surface area (Å²) < 4.78 is 30.4. The number of hydrogen-bond donors (Lipinski definition) is 2. The van der Waals surface area contributed by atoms with Gasteiger partial charge in [0.25, 0.3) is 0 Å². The van der Waals surface area contributed by atoms with Gasteiger partial charge >= 0.3 is 7.82 Å². The Hall–Kier alpha value is -3.73. The van der Waals surface area contributed by atoms with Gasteiger partial charge in [0.2, 0.25) is 0 Å². The zero-order valence-corrected chi connectivity index (χ0v) is 23.5. The molecule has 7 heteroatoms. The summed E-state index contributed by atoms with van der Waals surface area (Å²) in [6.07, 6.45) is 14.1. The van der Waals surface area contributed by atoms with E-state index >= 15 is 0 Å². The lowest BCUT2D eigenvalue weighted by molar-refractivity contribution is 0.173. The first-order chi connectivity index (χ1) is 18.7. The van der Waals surface area contributed by atoms with E-state index in [1.807, 2.05) is 48.6 Å². The maximum absolute atomic E-state index is 13.4. The molecule has 2 aliphatic rings. The average Bonchev–Trinajstić information content (AvgIpc) is 2.92. The molecular weight excluding hydrogens is 511 g/mol. The Morgan fingerprint density at radius 1 is 0.718 bits per heavy atom. The fourth-order valence-electron chi connectivity index (χ4n) is 4.38. The largest absolute Gasteiger partial charge is 0.587 e. The molecule has 0 spiro atoms. The third-order valence-electron chi connectivity index (χ3n) is 6.57. The van der Waals surface area contributed by atoms with E-state index in [0.717, 1.165) is 35.1 Å². The lowest BCUT2D eigenvalue weighted by Gasteiger charge is -2.22. The van der Waals surface area contributed by atoms with Crippen LogP contribution >= 0.6 is 7.82 Å². The van der Waals surface area contributed by atoms with Crippen LogP contribution in [0.15, 0.2) is 119 Å². The molecular formula is C32H35O6P. The molecule has 2 N–H and O–H groups in total. The quantitative estimate of drug-likeness (QED) is 0.291. The number of phosphoric acid groups is 1. The van der Waals surface area contributed by atoms with Crippen LogP contribution in [-0.2, 0) is 31.0 Å². The summed E-state index contributed by atoms with van der Waals surface area (Å²) in [7, 11) is -3.88. The molecule has 0 saturated carbocycles. The number of allylic oxidation sites excluding steroid dienone is 10. The topological polar surface area (TPSA) is 85.2 Å². The Bertz CT molecular complexity index is 1300. The molecule has 2 aromatic carbocycles. The highest BCUT2D eigenvalue weighted by atomic mass is 31.2. The minimum atomic E-state index is -3.88. The summed E-state index contributed by atoms with van der Waals surface area (Å²) >= 11 is 0. The Morgan fingerprint density at radius 3 is 1.46 bits per heavy atom. The summed E-state index contributed by atoms with van der Waals surface area (Å²) in [4.78, 5) is 0. The van der Waals surface area contributed by atoms with Gasteiger partial charge in [0.15, 0.2) is 0 Å². The van der Waals surface area contributed by atoms with Gasteiger partial charge in [-0.25, -0.2) is 4.57 Å². The fraction of sp³-hybridized carbons (Fsp3) is 0.250. The van der Waals surface area contributed by atoms with Crippen molar-refractivity contribution in [2.45, 2.75) is 46.5 Å². The van der Waals surface area contributed by atoms with E-state index in [2.05, 4.69) is 13.8 Å². The van der Waals surface area contributed by atoms with Crippen LogP contribution in [0.4, 0.5) is 0 Å². The molecule has 0 amide bonds. The van der Waals surface area contributed by atoms with Crippen LogP contribution in [-0.4, -0.2) is 16.8 Å². The standard InChI is InChI=1S/C32H35O6P/c1-4-36-39(35,37-31-17-9-27(10-18-31)23(2)21-25-5-13-29(33)14-6-25)38-32-19-11-28(12-20-32)24(3)22-26-7-15-30(34)16-8-26/h5-9,11,13-20,33-34H,4,10,12,21-22H2,1-3H3. The van der Waals surface area contributed by atoms with Crippen molar-refractivity contribution in [3.05, 3.63) is 130 Å². The second kappa shape index (κ2) is 12.9. The molecule has 4 rings (SSSR count). The Labute approximate surface area is 230 Å². The number of rotatable bonds is 10. The Kier molecular flexibility index (Phi) is 9.34. The molecule has 0 unspecified atom stereocenters. The van der Waals surface area contributed by atoms with Crippen LogP contribution in [0.3, 0.4) is 0 Å². The molecule has 0 atom stereocenters. The minimum Gasteiger partial charge on any atom is -0.508 e. The lowest BCUT2D eigenvalue weighted by Crippen LogP contribution is -2.03. The van der Waals surface area contributed by atoms with Crippen LogP contribution in [0.2, 0.25) is 0 Å². The second-order valence-electron chi connectivity index (χ2n) is 9.63. The molecule has 0 heterocycles. The molecule has 2 aromatic rings. The minimum absolute atomic E-state index is 0.180. The van der Waals surface area contributed by atoms with Crippen LogP contribution in [0, 0.1) is 0 Å². The number of hydrogen-bond acceptors (Lipinski definition) is 6. The van der Waals surface area contributed by atoms with E-state index < -0.39 is 7.82 Å². The molecule has 6 nitrogen and oxygen atoms in total. The predicted molar refractivity (Wildman–Crippen MR) is 154 cm³/mol. The molecule has 39 heavy (non-hydrogen) atoms. The summed E-state index contributed by atoms with van der Waals surface area (Å²) in [6.45, 7) is 6.09. The summed E-state index contributed by atoms with van der Waals surface area (Å²) in [5, 5.41) is 19.0. The van der Waals surface area contributed by atoms with Gasteiger partial charge in [0.1, 0.15) is 23.0 Å². The number of benzene rings is 2. The monoisotopic (exact) mass is 546 g/mol. The van der Waals surface area contributed by atoms with Crippen LogP contribution in [0.25, 0.3) is 0 Å². The van der Waals surface area contributed by atoms with Crippen LogP contribution in [0.1, 0.15) is 44.7 Å². The van der Waals surface area contributed by atoms with Crippen molar-refractivity contribution in [1.29, 1.82) is 0 Å². The van der Waals surface area contributed by atoms with Crippen LogP contribution in [0.5, 0.6) is 11.5 Å². The zero-order valence-electron chi connectivity index (χ0n) is 22.6. The van der Waals surface area contributed by atoms with E-state index in [1.54, 1.807) is 43.3 Å². The maximum atomic E-state index is 13.4. The first-order valence-corrected chi connectivity index (χ1v) is 14.5. The summed E-state index contributed by atoms with van der Waals surface area (Å²) in [5.74, 6) is 1.39.